The van der Waals surface area contributed by atoms with Gasteiger partial charge in [-0.1, -0.05) is 42.4 Å². The Morgan fingerprint density at radius 2 is 2.11 bits per heavy atom. The van der Waals surface area contributed by atoms with Gasteiger partial charge in [0.2, 0.25) is 0 Å². The van der Waals surface area contributed by atoms with Crippen molar-refractivity contribution in [2.45, 2.75) is 39.0 Å². The third-order valence-electron chi connectivity index (χ3n) is 2.87. The van der Waals surface area contributed by atoms with Crippen molar-refractivity contribution in [1.82, 2.24) is 15.1 Å². The van der Waals surface area contributed by atoms with Gasteiger partial charge in [-0.3, -0.25) is 9.48 Å². The molecule has 1 rings (SSSR count). The number of hydrogen-bond donors (Lipinski definition) is 1. The van der Waals surface area contributed by atoms with Gasteiger partial charge in [0.25, 0.3) is 5.91 Å². The van der Waals surface area contributed by atoms with Crippen molar-refractivity contribution in [2.24, 2.45) is 7.05 Å². The molecule has 0 aliphatic heterocycles. The van der Waals surface area contributed by atoms with Crippen LogP contribution in [0.2, 0.25) is 0 Å². The van der Waals surface area contributed by atoms with Crippen LogP contribution in [-0.2, 0) is 13.5 Å². The molecule has 18 heavy (non-hydrogen) atoms. The van der Waals surface area contributed by atoms with Crippen molar-refractivity contribution in [3.63, 3.8) is 0 Å². The van der Waals surface area contributed by atoms with Gasteiger partial charge in [-0.25, -0.2) is 0 Å². The van der Waals surface area contributed by atoms with Crippen LogP contribution >= 0.6 is 22.6 Å². The first kappa shape index (κ1) is 15.5. The Hall–Kier alpha value is -0.590. The summed E-state index contributed by atoms with van der Waals surface area (Å²) in [6, 6.07) is 1.87. The summed E-state index contributed by atoms with van der Waals surface area (Å²) < 4.78 is 2.88. The van der Waals surface area contributed by atoms with E-state index in [4.69, 9.17) is 0 Å². The summed E-state index contributed by atoms with van der Waals surface area (Å²) in [6.07, 6.45) is 5.63. The monoisotopic (exact) mass is 363 g/mol. The summed E-state index contributed by atoms with van der Waals surface area (Å²) >= 11 is 2.40. The quantitative estimate of drug-likeness (QED) is 0.439. The number of halogens is 1. The molecule has 1 aromatic heterocycles. The minimum atomic E-state index is -0.0152. The Labute approximate surface area is 123 Å². The summed E-state index contributed by atoms with van der Waals surface area (Å²) in [7, 11) is 1.81. The lowest BCUT2D eigenvalue weighted by Gasteiger charge is -2.04. The lowest BCUT2D eigenvalue weighted by molar-refractivity contribution is 0.0943. The SMILES string of the molecule is CCc1cc(C(=O)NCCCCCCI)n(C)n1. The highest BCUT2D eigenvalue weighted by molar-refractivity contribution is 14.1. The minimum absolute atomic E-state index is 0.0152. The van der Waals surface area contributed by atoms with Crippen LogP contribution in [0.25, 0.3) is 0 Å². The summed E-state index contributed by atoms with van der Waals surface area (Å²) in [5.41, 5.74) is 1.61. The van der Waals surface area contributed by atoms with Gasteiger partial charge in [-0.15, -0.1) is 0 Å². The normalized spacial score (nSPS) is 10.6. The number of hydrogen-bond acceptors (Lipinski definition) is 2. The van der Waals surface area contributed by atoms with Crippen LogP contribution in [-0.4, -0.2) is 26.7 Å². The molecule has 1 amide bonds. The number of unbranched alkanes of at least 4 members (excludes halogenated alkanes) is 3. The van der Waals surface area contributed by atoms with Crippen molar-refractivity contribution in [1.29, 1.82) is 0 Å². The van der Waals surface area contributed by atoms with Crippen LogP contribution in [0, 0.1) is 0 Å². The van der Waals surface area contributed by atoms with E-state index in [0.717, 1.165) is 25.1 Å². The number of rotatable bonds is 8. The van der Waals surface area contributed by atoms with Crippen LogP contribution in [0.1, 0.15) is 48.8 Å². The molecular weight excluding hydrogens is 341 g/mol. The maximum absolute atomic E-state index is 11.9. The maximum Gasteiger partial charge on any atom is 0.269 e. The zero-order chi connectivity index (χ0) is 13.4. The molecule has 0 radical (unpaired) electrons. The van der Waals surface area contributed by atoms with E-state index in [0.29, 0.717) is 5.69 Å². The molecule has 0 aliphatic carbocycles. The fourth-order valence-electron chi connectivity index (χ4n) is 1.78. The first-order valence-corrected chi connectivity index (χ1v) is 8.08. The summed E-state index contributed by atoms with van der Waals surface area (Å²) in [5, 5.41) is 7.23. The zero-order valence-corrected chi connectivity index (χ0v) is 13.4. The number of aromatic nitrogens is 2. The van der Waals surface area contributed by atoms with E-state index in [9.17, 15) is 4.79 Å². The van der Waals surface area contributed by atoms with Gasteiger partial charge in [0.15, 0.2) is 0 Å². The Morgan fingerprint density at radius 3 is 2.72 bits per heavy atom. The zero-order valence-electron chi connectivity index (χ0n) is 11.2. The van der Waals surface area contributed by atoms with Gasteiger partial charge < -0.3 is 5.32 Å². The van der Waals surface area contributed by atoms with Crippen LogP contribution in [0.4, 0.5) is 0 Å². The molecule has 0 bridgehead atoms. The average molecular weight is 363 g/mol. The number of nitrogens with one attached hydrogen (secondary N) is 1. The van der Waals surface area contributed by atoms with E-state index < -0.39 is 0 Å². The van der Waals surface area contributed by atoms with E-state index >= 15 is 0 Å². The van der Waals surface area contributed by atoms with Gasteiger partial charge >= 0.3 is 0 Å². The topological polar surface area (TPSA) is 46.9 Å². The van der Waals surface area contributed by atoms with Crippen molar-refractivity contribution < 1.29 is 4.79 Å². The van der Waals surface area contributed by atoms with Crippen LogP contribution in [0.15, 0.2) is 6.07 Å². The second kappa shape index (κ2) is 8.50. The highest BCUT2D eigenvalue weighted by atomic mass is 127. The number of nitrogens with zero attached hydrogens (tertiary/aromatic N) is 2. The molecule has 0 aliphatic rings. The maximum atomic E-state index is 11.9. The van der Waals surface area contributed by atoms with Crippen molar-refractivity contribution >= 4 is 28.5 Å². The molecule has 1 heterocycles. The fourth-order valence-corrected chi connectivity index (χ4v) is 2.32. The second-order valence-electron chi connectivity index (χ2n) is 4.36. The first-order chi connectivity index (χ1) is 8.69. The molecular formula is C13H22IN3O. The molecule has 0 saturated carbocycles. The number of amides is 1. The minimum Gasteiger partial charge on any atom is -0.351 e. The van der Waals surface area contributed by atoms with Gasteiger partial charge in [0.05, 0.1) is 5.69 Å². The lowest BCUT2D eigenvalue weighted by atomic mass is 10.2. The van der Waals surface area contributed by atoms with Gasteiger partial charge in [-0.2, -0.15) is 5.10 Å². The van der Waals surface area contributed by atoms with Crippen molar-refractivity contribution in [2.75, 3.05) is 11.0 Å². The van der Waals surface area contributed by atoms with E-state index in [1.807, 2.05) is 20.0 Å². The molecule has 0 unspecified atom stereocenters. The number of carbonyl (C=O) groups is 1. The average Bonchev–Trinajstić information content (AvgIpc) is 2.75. The van der Waals surface area contributed by atoms with Crippen LogP contribution < -0.4 is 5.32 Å². The van der Waals surface area contributed by atoms with Gasteiger partial charge in [-0.05, 0) is 29.8 Å². The Balaban J connectivity index is 2.29. The predicted octanol–water partition coefficient (Wildman–Crippen LogP) is 2.71. The van der Waals surface area contributed by atoms with Crippen LogP contribution in [0.3, 0.4) is 0 Å². The third kappa shape index (κ3) is 4.96. The molecule has 4 nitrogen and oxygen atoms in total. The smallest absolute Gasteiger partial charge is 0.269 e. The number of aryl methyl sites for hydroxylation is 2. The highest BCUT2D eigenvalue weighted by Crippen LogP contribution is 2.04. The first-order valence-electron chi connectivity index (χ1n) is 6.56. The van der Waals surface area contributed by atoms with E-state index in [2.05, 4.69) is 33.0 Å². The third-order valence-corrected chi connectivity index (χ3v) is 3.63. The molecule has 1 aromatic rings. The molecule has 0 aromatic carbocycles. The molecule has 102 valence electrons. The van der Waals surface area contributed by atoms with Gasteiger partial charge in [0.1, 0.15) is 5.69 Å². The fraction of sp³-hybridized carbons (Fsp3) is 0.692. The van der Waals surface area contributed by atoms with E-state index in [1.54, 1.807) is 4.68 Å². The Kier molecular flexibility index (Phi) is 7.31. The predicted molar refractivity (Wildman–Crippen MR) is 82.3 cm³/mol. The summed E-state index contributed by atoms with van der Waals surface area (Å²) in [4.78, 5) is 11.9. The molecule has 0 spiro atoms. The van der Waals surface area contributed by atoms with Crippen LogP contribution in [0.5, 0.6) is 0 Å². The molecule has 5 heteroatoms. The Bertz CT molecular complexity index is 376. The van der Waals surface area contributed by atoms with Crippen molar-refractivity contribution in [3.05, 3.63) is 17.5 Å². The largest absolute Gasteiger partial charge is 0.351 e. The second-order valence-corrected chi connectivity index (χ2v) is 5.44. The number of alkyl halides is 1. The standard InChI is InChI=1S/C13H22IN3O/c1-3-11-10-12(17(2)16-11)13(18)15-9-7-5-4-6-8-14/h10H,3-9H2,1-2H3,(H,15,18). The summed E-state index contributed by atoms with van der Waals surface area (Å²) in [6.45, 7) is 2.80. The molecule has 1 N–H and O–H groups in total. The number of carbonyl (C=O) groups excluding carboxylic acids is 1. The molecule has 0 fully saturated rings. The Morgan fingerprint density at radius 1 is 1.39 bits per heavy atom. The molecule has 0 atom stereocenters. The van der Waals surface area contributed by atoms with Gasteiger partial charge in [0, 0.05) is 13.6 Å². The van der Waals surface area contributed by atoms with Crippen molar-refractivity contribution in [3.8, 4) is 0 Å². The van der Waals surface area contributed by atoms with E-state index in [1.165, 1.54) is 23.7 Å². The lowest BCUT2D eigenvalue weighted by Crippen LogP contribution is -2.26. The van der Waals surface area contributed by atoms with E-state index in [-0.39, 0.29) is 5.91 Å². The summed E-state index contributed by atoms with van der Waals surface area (Å²) in [5.74, 6) is -0.0152. The molecule has 0 saturated heterocycles. The highest BCUT2D eigenvalue weighted by Gasteiger charge is 2.11.